The minimum absolute atomic E-state index is 0.177. The summed E-state index contributed by atoms with van der Waals surface area (Å²) in [6.45, 7) is 6.83. The Morgan fingerprint density at radius 1 is 1.59 bits per heavy atom. The van der Waals surface area contributed by atoms with Gasteiger partial charge in [0.25, 0.3) is 0 Å². The van der Waals surface area contributed by atoms with E-state index >= 15 is 0 Å². The van der Waals surface area contributed by atoms with Crippen molar-refractivity contribution in [2.45, 2.75) is 52.1 Å². The Morgan fingerprint density at radius 3 is 3.00 bits per heavy atom. The third kappa shape index (κ3) is 2.72. The van der Waals surface area contributed by atoms with E-state index in [0.29, 0.717) is 6.04 Å². The third-order valence-electron chi connectivity index (χ3n) is 3.70. The maximum absolute atomic E-state index is 9.30. The molecule has 1 aliphatic rings. The van der Waals surface area contributed by atoms with E-state index in [-0.39, 0.29) is 18.1 Å². The number of rotatable bonds is 4. The van der Waals surface area contributed by atoms with Crippen molar-refractivity contribution < 1.29 is 9.52 Å². The molecule has 96 valence electrons. The van der Waals surface area contributed by atoms with Crippen LogP contribution < -0.4 is 5.32 Å². The van der Waals surface area contributed by atoms with Crippen molar-refractivity contribution in [3.05, 3.63) is 23.7 Å². The monoisotopic (exact) mass is 237 g/mol. The molecule has 1 aliphatic carbocycles. The maximum Gasteiger partial charge on any atom is 0.109 e. The quantitative estimate of drug-likeness (QED) is 0.846. The highest BCUT2D eigenvalue weighted by molar-refractivity contribution is 5.26. The Kier molecular flexibility index (Phi) is 3.59. The van der Waals surface area contributed by atoms with Gasteiger partial charge in [0, 0.05) is 24.1 Å². The molecular formula is C14H23NO2. The molecule has 17 heavy (non-hydrogen) atoms. The molecule has 0 radical (unpaired) electrons. The van der Waals surface area contributed by atoms with Crippen LogP contribution in [0.1, 0.15) is 51.0 Å². The van der Waals surface area contributed by atoms with Crippen molar-refractivity contribution in [1.29, 1.82) is 0 Å². The molecule has 0 aliphatic heterocycles. The second kappa shape index (κ2) is 4.83. The number of fused-ring (bicyclic) bond motifs is 1. The topological polar surface area (TPSA) is 45.4 Å². The lowest BCUT2D eigenvalue weighted by Gasteiger charge is -2.36. The molecule has 2 N–H and O–H groups in total. The smallest absolute Gasteiger partial charge is 0.109 e. The first-order chi connectivity index (χ1) is 8.05. The number of furan rings is 1. The summed E-state index contributed by atoms with van der Waals surface area (Å²) in [7, 11) is 0. The zero-order valence-electron chi connectivity index (χ0n) is 11.0. The van der Waals surface area contributed by atoms with E-state index < -0.39 is 0 Å². The van der Waals surface area contributed by atoms with Gasteiger partial charge in [-0.25, -0.2) is 0 Å². The van der Waals surface area contributed by atoms with Gasteiger partial charge in [0.15, 0.2) is 0 Å². The maximum atomic E-state index is 9.30. The van der Waals surface area contributed by atoms with Gasteiger partial charge in [-0.1, -0.05) is 20.8 Å². The standard InChI is InChI=1S/C14H23NO2/c1-4-10(9-16)15-12-7-14(2,3)8-13-11(12)5-6-17-13/h5-6,10,12,15-16H,4,7-9H2,1-3H3. The van der Waals surface area contributed by atoms with Gasteiger partial charge in [-0.05, 0) is 24.3 Å². The van der Waals surface area contributed by atoms with Crippen LogP contribution in [0.4, 0.5) is 0 Å². The molecule has 0 spiro atoms. The predicted octanol–water partition coefficient (Wildman–Crippen LogP) is 2.65. The van der Waals surface area contributed by atoms with E-state index in [1.165, 1.54) is 5.56 Å². The SMILES string of the molecule is CCC(CO)NC1CC(C)(C)Cc2occc21. The fraction of sp³-hybridized carbons (Fsp3) is 0.714. The summed E-state index contributed by atoms with van der Waals surface area (Å²) < 4.78 is 5.57. The van der Waals surface area contributed by atoms with Crippen LogP contribution in [0.3, 0.4) is 0 Å². The molecule has 0 saturated heterocycles. The Morgan fingerprint density at radius 2 is 2.35 bits per heavy atom. The van der Waals surface area contributed by atoms with Crippen LogP contribution in [-0.2, 0) is 6.42 Å². The molecule has 0 saturated carbocycles. The summed E-state index contributed by atoms with van der Waals surface area (Å²) in [4.78, 5) is 0. The zero-order valence-corrected chi connectivity index (χ0v) is 11.0. The highest BCUT2D eigenvalue weighted by Gasteiger charge is 2.34. The van der Waals surface area contributed by atoms with E-state index in [1.807, 2.05) is 0 Å². The Labute approximate surface area is 103 Å². The van der Waals surface area contributed by atoms with Crippen molar-refractivity contribution in [3.63, 3.8) is 0 Å². The lowest BCUT2D eigenvalue weighted by Crippen LogP contribution is -2.39. The lowest BCUT2D eigenvalue weighted by atomic mass is 9.74. The van der Waals surface area contributed by atoms with Crippen molar-refractivity contribution in [2.24, 2.45) is 5.41 Å². The van der Waals surface area contributed by atoms with Gasteiger partial charge in [-0.15, -0.1) is 0 Å². The Balaban J connectivity index is 2.17. The van der Waals surface area contributed by atoms with Gasteiger partial charge in [0.1, 0.15) is 5.76 Å². The lowest BCUT2D eigenvalue weighted by molar-refractivity contribution is 0.188. The number of hydrogen-bond donors (Lipinski definition) is 2. The van der Waals surface area contributed by atoms with E-state index in [9.17, 15) is 5.11 Å². The molecular weight excluding hydrogens is 214 g/mol. The molecule has 3 nitrogen and oxygen atoms in total. The summed E-state index contributed by atoms with van der Waals surface area (Å²) in [5, 5.41) is 12.8. The van der Waals surface area contributed by atoms with E-state index in [1.54, 1.807) is 6.26 Å². The van der Waals surface area contributed by atoms with Gasteiger partial charge in [0.05, 0.1) is 12.9 Å². The summed E-state index contributed by atoms with van der Waals surface area (Å²) in [6.07, 6.45) is 4.82. The van der Waals surface area contributed by atoms with Gasteiger partial charge in [-0.3, -0.25) is 0 Å². The predicted molar refractivity (Wildman–Crippen MR) is 67.9 cm³/mol. The minimum atomic E-state index is 0.177. The van der Waals surface area contributed by atoms with Crippen LogP contribution in [0.15, 0.2) is 16.7 Å². The van der Waals surface area contributed by atoms with E-state index in [0.717, 1.165) is 25.0 Å². The van der Waals surface area contributed by atoms with Crippen LogP contribution in [0, 0.1) is 5.41 Å². The average Bonchev–Trinajstić information content (AvgIpc) is 2.71. The fourth-order valence-corrected chi connectivity index (χ4v) is 2.71. The van der Waals surface area contributed by atoms with Crippen molar-refractivity contribution >= 4 is 0 Å². The van der Waals surface area contributed by atoms with Gasteiger partial charge in [0.2, 0.25) is 0 Å². The summed E-state index contributed by atoms with van der Waals surface area (Å²) in [6, 6.07) is 2.55. The molecule has 0 fully saturated rings. The normalized spacial score (nSPS) is 24.4. The first-order valence-corrected chi connectivity index (χ1v) is 6.49. The van der Waals surface area contributed by atoms with E-state index in [2.05, 4.69) is 32.2 Å². The second-order valence-electron chi connectivity index (χ2n) is 5.85. The molecule has 2 atom stereocenters. The molecule has 1 heterocycles. The zero-order chi connectivity index (χ0) is 12.5. The largest absolute Gasteiger partial charge is 0.469 e. The first-order valence-electron chi connectivity index (χ1n) is 6.49. The molecule has 1 aromatic heterocycles. The van der Waals surface area contributed by atoms with E-state index in [4.69, 9.17) is 4.42 Å². The molecule has 2 rings (SSSR count). The molecule has 1 aromatic rings. The molecule has 0 amide bonds. The third-order valence-corrected chi connectivity index (χ3v) is 3.70. The highest BCUT2D eigenvalue weighted by atomic mass is 16.3. The van der Waals surface area contributed by atoms with Crippen molar-refractivity contribution in [1.82, 2.24) is 5.32 Å². The number of nitrogens with one attached hydrogen (secondary N) is 1. The van der Waals surface area contributed by atoms with Crippen LogP contribution >= 0.6 is 0 Å². The van der Waals surface area contributed by atoms with Gasteiger partial charge < -0.3 is 14.8 Å². The average molecular weight is 237 g/mol. The molecule has 3 heteroatoms. The highest BCUT2D eigenvalue weighted by Crippen LogP contribution is 2.41. The van der Waals surface area contributed by atoms with Crippen molar-refractivity contribution in [3.8, 4) is 0 Å². The van der Waals surface area contributed by atoms with Gasteiger partial charge >= 0.3 is 0 Å². The fourth-order valence-electron chi connectivity index (χ4n) is 2.71. The van der Waals surface area contributed by atoms with Gasteiger partial charge in [-0.2, -0.15) is 0 Å². The Hall–Kier alpha value is -0.800. The Bertz CT molecular complexity index is 366. The number of hydrogen-bond acceptors (Lipinski definition) is 3. The first kappa shape index (κ1) is 12.7. The second-order valence-corrected chi connectivity index (χ2v) is 5.85. The van der Waals surface area contributed by atoms with Crippen LogP contribution in [0.5, 0.6) is 0 Å². The number of aliphatic hydroxyl groups is 1. The molecule has 0 bridgehead atoms. The van der Waals surface area contributed by atoms with Crippen LogP contribution in [-0.4, -0.2) is 17.8 Å². The van der Waals surface area contributed by atoms with Crippen molar-refractivity contribution in [2.75, 3.05) is 6.61 Å². The molecule has 0 aromatic carbocycles. The number of aliphatic hydroxyl groups excluding tert-OH is 1. The molecule has 2 unspecified atom stereocenters. The summed E-state index contributed by atoms with van der Waals surface area (Å²) in [5.74, 6) is 1.10. The summed E-state index contributed by atoms with van der Waals surface area (Å²) in [5.41, 5.74) is 1.53. The minimum Gasteiger partial charge on any atom is -0.469 e. The van der Waals surface area contributed by atoms with Crippen LogP contribution in [0.25, 0.3) is 0 Å². The summed E-state index contributed by atoms with van der Waals surface area (Å²) >= 11 is 0. The van der Waals surface area contributed by atoms with Crippen LogP contribution in [0.2, 0.25) is 0 Å².